The molecule has 0 saturated heterocycles. The van der Waals surface area contributed by atoms with Crippen LogP contribution in [-0.2, 0) is 15.8 Å². The summed E-state index contributed by atoms with van der Waals surface area (Å²) in [6.07, 6.45) is -3.65. The highest BCUT2D eigenvalue weighted by Crippen LogP contribution is 2.31. The Bertz CT molecular complexity index is 530. The fraction of sp³-hybridized carbons (Fsp3) is 0.467. The molecule has 0 aromatic heterocycles. The van der Waals surface area contributed by atoms with Crippen molar-refractivity contribution in [1.82, 2.24) is 5.32 Å². The van der Waals surface area contributed by atoms with Crippen LogP contribution >= 0.6 is 0 Å². The molecule has 0 heterocycles. The van der Waals surface area contributed by atoms with E-state index in [0.29, 0.717) is 6.54 Å². The van der Waals surface area contributed by atoms with Crippen molar-refractivity contribution >= 4 is 17.5 Å². The van der Waals surface area contributed by atoms with Crippen LogP contribution in [0.1, 0.15) is 32.3 Å². The van der Waals surface area contributed by atoms with E-state index >= 15 is 0 Å². The highest BCUT2D eigenvalue weighted by Gasteiger charge is 2.31. The summed E-state index contributed by atoms with van der Waals surface area (Å²) >= 11 is 0. The number of alkyl halides is 3. The minimum atomic E-state index is -4.48. The summed E-state index contributed by atoms with van der Waals surface area (Å²) in [6, 6.07) is 4.51. The lowest BCUT2D eigenvalue weighted by Crippen LogP contribution is -2.34. The van der Waals surface area contributed by atoms with Crippen LogP contribution in [0.5, 0.6) is 0 Å². The molecule has 1 rings (SSSR count). The molecule has 0 aliphatic carbocycles. The molecule has 0 aliphatic heterocycles. The van der Waals surface area contributed by atoms with E-state index in [1.165, 1.54) is 24.0 Å². The second-order valence-corrected chi connectivity index (χ2v) is 4.82. The number of amides is 2. The van der Waals surface area contributed by atoms with Crippen molar-refractivity contribution in [3.63, 3.8) is 0 Å². The lowest BCUT2D eigenvalue weighted by Gasteiger charge is -2.22. The summed E-state index contributed by atoms with van der Waals surface area (Å²) in [5.74, 6) is -0.650. The molecule has 2 amide bonds. The molecule has 0 unspecified atom stereocenters. The van der Waals surface area contributed by atoms with Crippen LogP contribution in [0.25, 0.3) is 0 Å². The fourth-order valence-electron chi connectivity index (χ4n) is 1.88. The van der Waals surface area contributed by atoms with E-state index in [1.807, 2.05) is 6.92 Å². The van der Waals surface area contributed by atoms with E-state index in [-0.39, 0.29) is 24.6 Å². The Kier molecular flexibility index (Phi) is 6.39. The Morgan fingerprint density at radius 1 is 1.27 bits per heavy atom. The van der Waals surface area contributed by atoms with E-state index in [4.69, 9.17) is 0 Å². The Morgan fingerprint density at radius 2 is 1.95 bits per heavy atom. The monoisotopic (exact) mass is 316 g/mol. The molecular weight excluding hydrogens is 297 g/mol. The lowest BCUT2D eigenvalue weighted by molar-refractivity contribution is -0.137. The number of nitrogens with one attached hydrogen (secondary N) is 1. The van der Waals surface area contributed by atoms with Crippen LogP contribution in [0.15, 0.2) is 24.3 Å². The van der Waals surface area contributed by atoms with Crippen LogP contribution in [0.4, 0.5) is 18.9 Å². The average Bonchev–Trinajstić information content (AvgIpc) is 2.44. The second-order valence-electron chi connectivity index (χ2n) is 4.82. The molecule has 22 heavy (non-hydrogen) atoms. The molecule has 1 aromatic rings. The van der Waals surface area contributed by atoms with Gasteiger partial charge in [-0.3, -0.25) is 9.59 Å². The van der Waals surface area contributed by atoms with Gasteiger partial charge in [0.25, 0.3) is 0 Å². The highest BCUT2D eigenvalue weighted by molar-refractivity contribution is 5.92. The summed E-state index contributed by atoms with van der Waals surface area (Å²) in [5.41, 5.74) is -0.697. The fourth-order valence-corrected chi connectivity index (χ4v) is 1.88. The van der Waals surface area contributed by atoms with E-state index in [0.717, 1.165) is 18.6 Å². The van der Waals surface area contributed by atoms with Crippen molar-refractivity contribution in [3.05, 3.63) is 29.8 Å². The SMILES string of the molecule is CCCNC(=O)CCN(C(C)=O)c1cccc(C(F)(F)F)c1. The van der Waals surface area contributed by atoms with Crippen LogP contribution in [0.3, 0.4) is 0 Å². The first kappa shape index (κ1) is 18.0. The number of nitrogens with zero attached hydrogens (tertiary/aromatic N) is 1. The van der Waals surface area contributed by atoms with Gasteiger partial charge in [0, 0.05) is 32.1 Å². The Balaban J connectivity index is 2.84. The van der Waals surface area contributed by atoms with Crippen molar-refractivity contribution in [2.45, 2.75) is 32.9 Å². The summed E-state index contributed by atoms with van der Waals surface area (Å²) in [7, 11) is 0. The predicted octanol–water partition coefficient (Wildman–Crippen LogP) is 2.97. The first-order valence-corrected chi connectivity index (χ1v) is 6.97. The maximum absolute atomic E-state index is 12.7. The number of halogens is 3. The molecule has 122 valence electrons. The van der Waals surface area contributed by atoms with Gasteiger partial charge in [-0.1, -0.05) is 13.0 Å². The number of benzene rings is 1. The van der Waals surface area contributed by atoms with Crippen molar-refractivity contribution in [2.24, 2.45) is 0 Å². The molecule has 7 heteroatoms. The molecule has 0 saturated carbocycles. The van der Waals surface area contributed by atoms with Crippen LogP contribution in [0, 0.1) is 0 Å². The number of carbonyl (C=O) groups excluding carboxylic acids is 2. The van der Waals surface area contributed by atoms with Crippen molar-refractivity contribution in [2.75, 3.05) is 18.0 Å². The van der Waals surface area contributed by atoms with E-state index in [9.17, 15) is 22.8 Å². The maximum atomic E-state index is 12.7. The van der Waals surface area contributed by atoms with Gasteiger partial charge in [0.05, 0.1) is 5.56 Å². The maximum Gasteiger partial charge on any atom is 0.416 e. The van der Waals surface area contributed by atoms with E-state index < -0.39 is 17.6 Å². The zero-order valence-corrected chi connectivity index (χ0v) is 12.5. The van der Waals surface area contributed by atoms with E-state index in [1.54, 1.807) is 0 Å². The predicted molar refractivity (Wildman–Crippen MR) is 77.4 cm³/mol. The third kappa shape index (κ3) is 5.38. The summed E-state index contributed by atoms with van der Waals surface area (Å²) in [5, 5.41) is 2.66. The van der Waals surface area contributed by atoms with Gasteiger partial charge >= 0.3 is 6.18 Å². The Labute approximate surface area is 127 Å². The minimum absolute atomic E-state index is 0.0339. The molecule has 1 N–H and O–H groups in total. The Morgan fingerprint density at radius 3 is 2.50 bits per heavy atom. The van der Waals surface area contributed by atoms with Gasteiger partial charge in [0.15, 0.2) is 0 Å². The Hall–Kier alpha value is -2.05. The van der Waals surface area contributed by atoms with E-state index in [2.05, 4.69) is 5.32 Å². The molecule has 0 radical (unpaired) electrons. The van der Waals surface area contributed by atoms with Crippen molar-refractivity contribution < 1.29 is 22.8 Å². The molecule has 0 atom stereocenters. The third-order valence-electron chi connectivity index (χ3n) is 3.00. The summed E-state index contributed by atoms with van der Waals surface area (Å²) < 4.78 is 38.2. The van der Waals surface area contributed by atoms with Crippen LogP contribution in [-0.4, -0.2) is 24.9 Å². The summed E-state index contributed by atoms with van der Waals surface area (Å²) in [4.78, 5) is 24.4. The normalized spacial score (nSPS) is 11.1. The van der Waals surface area contributed by atoms with Crippen LogP contribution in [0.2, 0.25) is 0 Å². The van der Waals surface area contributed by atoms with Gasteiger partial charge in [-0.05, 0) is 24.6 Å². The molecule has 0 bridgehead atoms. The van der Waals surface area contributed by atoms with Crippen molar-refractivity contribution in [1.29, 1.82) is 0 Å². The average molecular weight is 316 g/mol. The topological polar surface area (TPSA) is 49.4 Å². The number of hydrogen-bond donors (Lipinski definition) is 1. The quantitative estimate of drug-likeness (QED) is 0.877. The first-order chi connectivity index (χ1) is 10.3. The largest absolute Gasteiger partial charge is 0.416 e. The zero-order chi connectivity index (χ0) is 16.8. The molecule has 4 nitrogen and oxygen atoms in total. The molecule has 0 aliphatic rings. The number of rotatable bonds is 6. The van der Waals surface area contributed by atoms with Gasteiger partial charge in [-0.25, -0.2) is 0 Å². The minimum Gasteiger partial charge on any atom is -0.356 e. The van der Waals surface area contributed by atoms with Gasteiger partial charge in [-0.15, -0.1) is 0 Å². The number of carbonyl (C=O) groups is 2. The van der Waals surface area contributed by atoms with Crippen LogP contribution < -0.4 is 10.2 Å². The van der Waals surface area contributed by atoms with Gasteiger partial charge < -0.3 is 10.2 Å². The number of hydrogen-bond acceptors (Lipinski definition) is 2. The molecule has 1 aromatic carbocycles. The third-order valence-corrected chi connectivity index (χ3v) is 3.00. The lowest BCUT2D eigenvalue weighted by atomic mass is 10.1. The highest BCUT2D eigenvalue weighted by atomic mass is 19.4. The smallest absolute Gasteiger partial charge is 0.356 e. The van der Waals surface area contributed by atoms with Gasteiger partial charge in [0.2, 0.25) is 11.8 Å². The number of anilines is 1. The molecular formula is C15H19F3N2O2. The first-order valence-electron chi connectivity index (χ1n) is 6.97. The molecule has 0 fully saturated rings. The molecule has 0 spiro atoms. The zero-order valence-electron chi connectivity index (χ0n) is 12.5. The summed E-state index contributed by atoms with van der Waals surface area (Å²) in [6.45, 7) is 3.73. The standard InChI is InChI=1S/C15H19F3N2O2/c1-3-8-19-14(22)7-9-20(11(2)21)13-6-4-5-12(10-13)15(16,17)18/h4-6,10H,3,7-9H2,1-2H3,(H,19,22). The van der Waals surface area contributed by atoms with Crippen molar-refractivity contribution in [3.8, 4) is 0 Å². The second kappa shape index (κ2) is 7.82. The van der Waals surface area contributed by atoms with Gasteiger partial charge in [0.1, 0.15) is 0 Å². The van der Waals surface area contributed by atoms with Gasteiger partial charge in [-0.2, -0.15) is 13.2 Å².